The Morgan fingerprint density at radius 3 is 2.62 bits per heavy atom. The minimum absolute atomic E-state index is 0.150. The Balaban J connectivity index is 2.32. The van der Waals surface area contributed by atoms with Crippen molar-refractivity contribution >= 4 is 14.0 Å². The number of nitrogens with zero attached hydrogens (tertiary/aromatic N) is 3. The average Bonchev–Trinajstić information content (AvgIpc) is 2.84. The van der Waals surface area contributed by atoms with Crippen LogP contribution >= 0.6 is 0 Å². The third kappa shape index (κ3) is 4.59. The second kappa shape index (κ2) is 7.85. The molecule has 0 aliphatic heterocycles. The first kappa shape index (κ1) is 19.9. The van der Waals surface area contributed by atoms with Crippen LogP contribution in [0.25, 0.3) is 11.1 Å². The van der Waals surface area contributed by atoms with Gasteiger partial charge in [0, 0.05) is 31.5 Å². The number of benzene rings is 1. The first-order valence-corrected chi connectivity index (χ1v) is 12.2. The lowest BCUT2D eigenvalue weighted by Crippen LogP contribution is -2.22. The number of carboxylic acids is 1. The molecule has 0 radical (unpaired) electrons. The Bertz CT molecular complexity index is 860. The van der Waals surface area contributed by atoms with Crippen molar-refractivity contribution in [2.45, 2.75) is 46.3 Å². The molecule has 26 heavy (non-hydrogen) atoms. The van der Waals surface area contributed by atoms with Gasteiger partial charge >= 0.3 is 5.97 Å². The standard InChI is InChI=1S/C19H25N3O3Si/c1-13-18(17-10-15(19(23)24)6-7-16(17)11-20)14(2)22(21-13)12-25-8-9-26(3,4)5/h6-7,10H,8-9,12H2,1-5H3,(H,23,24). The molecule has 0 amide bonds. The Labute approximate surface area is 155 Å². The van der Waals surface area contributed by atoms with Crippen molar-refractivity contribution in [2.75, 3.05) is 6.61 Å². The minimum Gasteiger partial charge on any atom is -0.478 e. The average molecular weight is 372 g/mol. The molecule has 0 aliphatic rings. The Morgan fingerprint density at radius 2 is 2.04 bits per heavy atom. The van der Waals surface area contributed by atoms with E-state index in [-0.39, 0.29) is 5.56 Å². The molecule has 1 heterocycles. The molecule has 6 nitrogen and oxygen atoms in total. The van der Waals surface area contributed by atoms with E-state index in [2.05, 4.69) is 30.8 Å². The van der Waals surface area contributed by atoms with Crippen LogP contribution in [0.15, 0.2) is 18.2 Å². The van der Waals surface area contributed by atoms with E-state index >= 15 is 0 Å². The molecular formula is C19H25N3O3Si. The third-order valence-corrected chi connectivity index (χ3v) is 5.95. The van der Waals surface area contributed by atoms with E-state index < -0.39 is 14.0 Å². The summed E-state index contributed by atoms with van der Waals surface area (Å²) >= 11 is 0. The maximum absolute atomic E-state index is 11.3. The molecule has 138 valence electrons. The van der Waals surface area contributed by atoms with E-state index in [4.69, 9.17) is 4.74 Å². The third-order valence-electron chi connectivity index (χ3n) is 4.25. The second-order valence-corrected chi connectivity index (χ2v) is 13.2. The Kier molecular flexibility index (Phi) is 6.00. The molecule has 0 spiro atoms. The molecule has 0 fully saturated rings. The first-order chi connectivity index (χ1) is 12.1. The fourth-order valence-electron chi connectivity index (χ4n) is 2.72. The molecule has 0 atom stereocenters. The van der Waals surface area contributed by atoms with Crippen molar-refractivity contribution in [1.29, 1.82) is 5.26 Å². The molecule has 0 aliphatic carbocycles. The number of aromatic carboxylic acids is 1. The number of hydrogen-bond donors (Lipinski definition) is 1. The predicted molar refractivity (Wildman–Crippen MR) is 103 cm³/mol. The van der Waals surface area contributed by atoms with Crippen LogP contribution in [0.2, 0.25) is 25.7 Å². The highest BCUT2D eigenvalue weighted by Gasteiger charge is 2.19. The molecule has 2 rings (SSSR count). The normalized spacial score (nSPS) is 11.4. The highest BCUT2D eigenvalue weighted by atomic mass is 28.3. The monoisotopic (exact) mass is 371 g/mol. The minimum atomic E-state index is -1.14. The van der Waals surface area contributed by atoms with Crippen molar-refractivity contribution < 1.29 is 14.6 Å². The summed E-state index contributed by atoms with van der Waals surface area (Å²) in [6.07, 6.45) is 0. The largest absolute Gasteiger partial charge is 0.478 e. The van der Waals surface area contributed by atoms with Crippen molar-refractivity contribution in [3.05, 3.63) is 40.7 Å². The van der Waals surface area contributed by atoms with Gasteiger partial charge in [0.05, 0.1) is 22.9 Å². The van der Waals surface area contributed by atoms with Gasteiger partial charge in [-0.3, -0.25) is 0 Å². The molecule has 0 bridgehead atoms. The molecule has 1 N–H and O–H groups in total. The van der Waals surface area contributed by atoms with Gasteiger partial charge in [0.1, 0.15) is 6.73 Å². The molecule has 0 saturated carbocycles. The summed E-state index contributed by atoms with van der Waals surface area (Å²) in [4.78, 5) is 11.3. The van der Waals surface area contributed by atoms with Gasteiger partial charge in [0.25, 0.3) is 0 Å². The van der Waals surface area contributed by atoms with Crippen molar-refractivity contribution in [3.63, 3.8) is 0 Å². The van der Waals surface area contributed by atoms with Crippen LogP contribution in [0.3, 0.4) is 0 Å². The van der Waals surface area contributed by atoms with E-state index in [1.807, 2.05) is 13.8 Å². The number of aromatic nitrogens is 2. The maximum Gasteiger partial charge on any atom is 0.335 e. The Morgan fingerprint density at radius 1 is 1.35 bits per heavy atom. The lowest BCUT2D eigenvalue weighted by Gasteiger charge is -2.15. The summed E-state index contributed by atoms with van der Waals surface area (Å²) in [5.41, 5.74) is 3.57. The molecule has 1 aromatic carbocycles. The first-order valence-electron chi connectivity index (χ1n) is 8.53. The lowest BCUT2D eigenvalue weighted by molar-refractivity contribution is 0.0696. The summed E-state index contributed by atoms with van der Waals surface area (Å²) < 4.78 is 7.54. The van der Waals surface area contributed by atoms with Gasteiger partial charge in [-0.05, 0) is 38.1 Å². The van der Waals surface area contributed by atoms with Crippen molar-refractivity contribution in [2.24, 2.45) is 0 Å². The zero-order valence-corrected chi connectivity index (χ0v) is 17.0. The summed E-state index contributed by atoms with van der Waals surface area (Å²) in [6.45, 7) is 11.7. The highest BCUT2D eigenvalue weighted by Crippen LogP contribution is 2.30. The van der Waals surface area contributed by atoms with Gasteiger partial charge in [0.2, 0.25) is 0 Å². The molecule has 1 aromatic heterocycles. The fraction of sp³-hybridized carbons (Fsp3) is 0.421. The number of hydrogen-bond acceptors (Lipinski definition) is 4. The van der Waals surface area contributed by atoms with E-state index in [9.17, 15) is 15.2 Å². The van der Waals surface area contributed by atoms with E-state index in [0.717, 1.165) is 23.0 Å². The van der Waals surface area contributed by atoms with Crippen LogP contribution in [-0.4, -0.2) is 35.5 Å². The summed E-state index contributed by atoms with van der Waals surface area (Å²) in [5, 5.41) is 23.2. The Hall–Kier alpha value is -2.43. The molecule has 2 aromatic rings. The molecule has 0 unspecified atom stereocenters. The molecular weight excluding hydrogens is 346 g/mol. The van der Waals surface area contributed by atoms with Gasteiger partial charge in [-0.15, -0.1) is 0 Å². The van der Waals surface area contributed by atoms with E-state index in [1.54, 1.807) is 10.7 Å². The molecule has 0 saturated heterocycles. The predicted octanol–water partition coefficient (Wildman–Crippen LogP) is 4.05. The summed E-state index contributed by atoms with van der Waals surface area (Å²) in [7, 11) is -1.14. The van der Waals surface area contributed by atoms with Gasteiger partial charge in [-0.1, -0.05) is 19.6 Å². The zero-order chi connectivity index (χ0) is 19.5. The highest BCUT2D eigenvalue weighted by molar-refractivity contribution is 6.76. The van der Waals surface area contributed by atoms with Crippen LogP contribution in [0, 0.1) is 25.2 Å². The number of ether oxygens (including phenoxy) is 1. The second-order valence-electron chi connectivity index (χ2n) is 7.57. The van der Waals surface area contributed by atoms with Crippen LogP contribution in [0.5, 0.6) is 0 Å². The van der Waals surface area contributed by atoms with E-state index in [1.165, 1.54) is 12.1 Å². The number of carboxylic acid groups (broad SMARTS) is 1. The van der Waals surface area contributed by atoms with Gasteiger partial charge in [-0.2, -0.15) is 10.4 Å². The fourth-order valence-corrected chi connectivity index (χ4v) is 3.48. The smallest absolute Gasteiger partial charge is 0.335 e. The quantitative estimate of drug-likeness (QED) is 0.586. The van der Waals surface area contributed by atoms with Gasteiger partial charge in [-0.25, -0.2) is 9.48 Å². The van der Waals surface area contributed by atoms with Gasteiger partial charge < -0.3 is 9.84 Å². The molecule has 7 heteroatoms. The number of rotatable bonds is 7. The van der Waals surface area contributed by atoms with Crippen LogP contribution in [0.1, 0.15) is 27.3 Å². The summed E-state index contributed by atoms with van der Waals surface area (Å²) in [6, 6.07) is 7.74. The van der Waals surface area contributed by atoms with Crippen molar-refractivity contribution in [3.8, 4) is 17.2 Å². The van der Waals surface area contributed by atoms with Crippen LogP contribution < -0.4 is 0 Å². The summed E-state index contributed by atoms with van der Waals surface area (Å²) in [5.74, 6) is -1.02. The number of nitriles is 1. The van der Waals surface area contributed by atoms with Crippen molar-refractivity contribution in [1.82, 2.24) is 9.78 Å². The van der Waals surface area contributed by atoms with E-state index in [0.29, 0.717) is 24.5 Å². The van der Waals surface area contributed by atoms with Crippen LogP contribution in [0.4, 0.5) is 0 Å². The maximum atomic E-state index is 11.3. The zero-order valence-electron chi connectivity index (χ0n) is 16.0. The number of carbonyl (C=O) groups is 1. The van der Waals surface area contributed by atoms with Crippen LogP contribution in [-0.2, 0) is 11.5 Å². The SMILES string of the molecule is Cc1nn(COCC[Si](C)(C)C)c(C)c1-c1cc(C(=O)O)ccc1C#N. The van der Waals surface area contributed by atoms with Gasteiger partial charge in [0.15, 0.2) is 0 Å². The lowest BCUT2D eigenvalue weighted by atomic mass is 9.96. The topological polar surface area (TPSA) is 88.1 Å². The number of aryl methyl sites for hydroxylation is 1.